The molecule has 4 nitrogen and oxygen atoms in total. The number of benzene rings is 1. The summed E-state index contributed by atoms with van der Waals surface area (Å²) < 4.78 is 18.4. The SMILES string of the molecule is COc1ccc(CCC(=O)NCC2=CCNCC2)cc1F.Cl. The first-order chi connectivity index (χ1) is 10.2. The van der Waals surface area contributed by atoms with Crippen molar-refractivity contribution >= 4 is 18.3 Å². The standard InChI is InChI=1S/C16H21FN2O2.ClH/c1-21-15-4-2-12(10-14(15)17)3-5-16(20)19-11-13-6-8-18-9-7-13;/h2,4,6,10,18H,3,5,7-9,11H2,1H3,(H,19,20);1H. The molecule has 1 aromatic carbocycles. The van der Waals surface area contributed by atoms with Crippen LogP contribution >= 0.6 is 12.4 Å². The fraction of sp³-hybridized carbons (Fsp3) is 0.438. The van der Waals surface area contributed by atoms with Gasteiger partial charge in [0.05, 0.1) is 7.11 Å². The van der Waals surface area contributed by atoms with Crippen molar-refractivity contribution in [1.29, 1.82) is 0 Å². The first kappa shape index (κ1) is 18.5. The van der Waals surface area contributed by atoms with E-state index in [2.05, 4.69) is 16.7 Å². The Labute approximate surface area is 136 Å². The molecular formula is C16H22ClFN2O2. The van der Waals surface area contributed by atoms with Gasteiger partial charge in [-0.05, 0) is 37.1 Å². The number of ether oxygens (including phenoxy) is 1. The summed E-state index contributed by atoms with van der Waals surface area (Å²) in [6.07, 6.45) is 3.97. The van der Waals surface area contributed by atoms with Crippen LogP contribution in [0.2, 0.25) is 0 Å². The van der Waals surface area contributed by atoms with Crippen molar-refractivity contribution in [2.24, 2.45) is 0 Å². The highest BCUT2D eigenvalue weighted by Crippen LogP contribution is 2.18. The molecule has 0 unspecified atom stereocenters. The second-order valence-electron chi connectivity index (χ2n) is 5.06. The van der Waals surface area contributed by atoms with Gasteiger partial charge in [0.25, 0.3) is 0 Å². The topological polar surface area (TPSA) is 50.4 Å². The number of nitrogens with one attached hydrogen (secondary N) is 2. The number of halogens is 2. The van der Waals surface area contributed by atoms with Gasteiger partial charge in [0.1, 0.15) is 0 Å². The van der Waals surface area contributed by atoms with Crippen LogP contribution in [0.3, 0.4) is 0 Å². The third kappa shape index (κ3) is 5.66. The monoisotopic (exact) mass is 328 g/mol. The van der Waals surface area contributed by atoms with Crippen LogP contribution in [0.25, 0.3) is 0 Å². The van der Waals surface area contributed by atoms with Gasteiger partial charge in [0, 0.05) is 19.5 Å². The summed E-state index contributed by atoms with van der Waals surface area (Å²) in [7, 11) is 1.43. The zero-order valence-corrected chi connectivity index (χ0v) is 13.5. The molecule has 0 bridgehead atoms. The lowest BCUT2D eigenvalue weighted by atomic mass is 10.1. The Bertz CT molecular complexity index is 535. The molecule has 2 N–H and O–H groups in total. The average molecular weight is 329 g/mol. The van der Waals surface area contributed by atoms with E-state index in [1.54, 1.807) is 12.1 Å². The van der Waals surface area contributed by atoms with Gasteiger partial charge in [-0.25, -0.2) is 4.39 Å². The van der Waals surface area contributed by atoms with Gasteiger partial charge >= 0.3 is 0 Å². The predicted molar refractivity (Wildman–Crippen MR) is 87.1 cm³/mol. The molecule has 2 rings (SSSR count). The highest BCUT2D eigenvalue weighted by molar-refractivity contribution is 5.85. The van der Waals surface area contributed by atoms with Crippen LogP contribution in [0.5, 0.6) is 5.75 Å². The number of carbonyl (C=O) groups excluding carboxylic acids is 1. The van der Waals surface area contributed by atoms with Gasteiger partial charge in [-0.3, -0.25) is 4.79 Å². The highest BCUT2D eigenvalue weighted by Gasteiger charge is 2.08. The number of hydrogen-bond acceptors (Lipinski definition) is 3. The van der Waals surface area contributed by atoms with Crippen LogP contribution in [-0.2, 0) is 11.2 Å². The van der Waals surface area contributed by atoms with Crippen molar-refractivity contribution in [3.63, 3.8) is 0 Å². The van der Waals surface area contributed by atoms with E-state index in [-0.39, 0.29) is 24.1 Å². The molecule has 0 spiro atoms. The largest absolute Gasteiger partial charge is 0.494 e. The van der Waals surface area contributed by atoms with Crippen LogP contribution in [0.1, 0.15) is 18.4 Å². The Kier molecular flexibility index (Phi) is 7.91. The Morgan fingerprint density at radius 2 is 2.27 bits per heavy atom. The third-order valence-electron chi connectivity index (χ3n) is 3.53. The second-order valence-corrected chi connectivity index (χ2v) is 5.06. The molecule has 0 saturated heterocycles. The number of carbonyl (C=O) groups is 1. The summed E-state index contributed by atoms with van der Waals surface area (Å²) in [5, 5.41) is 6.14. The van der Waals surface area contributed by atoms with Crippen LogP contribution in [-0.4, -0.2) is 32.7 Å². The van der Waals surface area contributed by atoms with Gasteiger partial charge in [0.2, 0.25) is 5.91 Å². The molecule has 0 radical (unpaired) electrons. The van der Waals surface area contributed by atoms with Crippen molar-refractivity contribution in [3.8, 4) is 5.75 Å². The van der Waals surface area contributed by atoms with E-state index in [1.807, 2.05) is 0 Å². The van der Waals surface area contributed by atoms with Crippen LogP contribution in [0, 0.1) is 5.82 Å². The maximum Gasteiger partial charge on any atom is 0.220 e. The first-order valence-corrected chi connectivity index (χ1v) is 7.17. The molecule has 1 aromatic rings. The summed E-state index contributed by atoms with van der Waals surface area (Å²) >= 11 is 0. The third-order valence-corrected chi connectivity index (χ3v) is 3.53. The molecule has 122 valence electrons. The number of aryl methyl sites for hydroxylation is 1. The minimum Gasteiger partial charge on any atom is -0.494 e. The molecule has 22 heavy (non-hydrogen) atoms. The molecule has 6 heteroatoms. The van der Waals surface area contributed by atoms with E-state index in [0.717, 1.165) is 25.1 Å². The van der Waals surface area contributed by atoms with Crippen LogP contribution < -0.4 is 15.4 Å². The van der Waals surface area contributed by atoms with Gasteiger partial charge in [-0.15, -0.1) is 12.4 Å². The lowest BCUT2D eigenvalue weighted by molar-refractivity contribution is -0.120. The predicted octanol–water partition coefficient (Wildman–Crippen LogP) is 2.22. The summed E-state index contributed by atoms with van der Waals surface area (Å²) in [4.78, 5) is 11.8. The molecule has 1 aliphatic rings. The lowest BCUT2D eigenvalue weighted by Crippen LogP contribution is -2.29. The Hall–Kier alpha value is -1.59. The summed E-state index contributed by atoms with van der Waals surface area (Å²) in [5.41, 5.74) is 2.06. The fourth-order valence-electron chi connectivity index (χ4n) is 2.25. The van der Waals surface area contributed by atoms with E-state index in [0.29, 0.717) is 19.4 Å². The Morgan fingerprint density at radius 1 is 1.45 bits per heavy atom. The smallest absolute Gasteiger partial charge is 0.220 e. The Morgan fingerprint density at radius 3 is 2.91 bits per heavy atom. The van der Waals surface area contributed by atoms with Crippen molar-refractivity contribution in [3.05, 3.63) is 41.2 Å². The molecule has 0 fully saturated rings. The van der Waals surface area contributed by atoms with Crippen LogP contribution in [0.15, 0.2) is 29.8 Å². The number of hydrogen-bond donors (Lipinski definition) is 2. The van der Waals surface area contributed by atoms with Gasteiger partial charge in [0.15, 0.2) is 11.6 Å². The quantitative estimate of drug-likeness (QED) is 0.787. The van der Waals surface area contributed by atoms with E-state index in [9.17, 15) is 9.18 Å². The van der Waals surface area contributed by atoms with Crippen molar-refractivity contribution in [2.45, 2.75) is 19.3 Å². The van der Waals surface area contributed by atoms with E-state index < -0.39 is 5.82 Å². The number of rotatable bonds is 6. The van der Waals surface area contributed by atoms with Gasteiger partial charge in [-0.1, -0.05) is 17.7 Å². The molecule has 1 aliphatic heterocycles. The molecule has 0 aliphatic carbocycles. The van der Waals surface area contributed by atoms with E-state index >= 15 is 0 Å². The first-order valence-electron chi connectivity index (χ1n) is 7.17. The average Bonchev–Trinajstić information content (AvgIpc) is 2.52. The highest BCUT2D eigenvalue weighted by atomic mass is 35.5. The van der Waals surface area contributed by atoms with Gasteiger partial charge < -0.3 is 15.4 Å². The van der Waals surface area contributed by atoms with Crippen molar-refractivity contribution < 1.29 is 13.9 Å². The normalized spacial score (nSPS) is 13.8. The lowest BCUT2D eigenvalue weighted by Gasteiger charge is -2.14. The minimum atomic E-state index is -0.393. The molecule has 1 heterocycles. The minimum absolute atomic E-state index is 0. The van der Waals surface area contributed by atoms with Crippen LogP contribution in [0.4, 0.5) is 4.39 Å². The van der Waals surface area contributed by atoms with Crippen molar-refractivity contribution in [1.82, 2.24) is 10.6 Å². The number of methoxy groups -OCH3 is 1. The summed E-state index contributed by atoms with van der Waals surface area (Å²) in [5.74, 6) is -0.179. The molecule has 0 atom stereocenters. The van der Waals surface area contributed by atoms with E-state index in [1.165, 1.54) is 18.7 Å². The number of amides is 1. The zero-order valence-electron chi connectivity index (χ0n) is 12.7. The maximum absolute atomic E-state index is 13.5. The second kappa shape index (κ2) is 9.43. The van der Waals surface area contributed by atoms with Gasteiger partial charge in [-0.2, -0.15) is 0 Å². The molecule has 1 amide bonds. The van der Waals surface area contributed by atoms with Crippen molar-refractivity contribution in [2.75, 3.05) is 26.7 Å². The zero-order chi connectivity index (χ0) is 15.1. The molecule has 0 aromatic heterocycles. The Balaban J connectivity index is 0.00000242. The molecule has 0 saturated carbocycles. The summed E-state index contributed by atoms with van der Waals surface area (Å²) in [6.45, 7) is 2.45. The summed E-state index contributed by atoms with van der Waals surface area (Å²) in [6, 6.07) is 4.79. The molecular weight excluding hydrogens is 307 g/mol. The maximum atomic E-state index is 13.5. The fourth-order valence-corrected chi connectivity index (χ4v) is 2.25. The van der Waals surface area contributed by atoms with E-state index in [4.69, 9.17) is 4.74 Å².